The van der Waals surface area contributed by atoms with Crippen LogP contribution in [-0.2, 0) is 16.0 Å². The summed E-state index contributed by atoms with van der Waals surface area (Å²) in [6, 6.07) is 6.67. The topological polar surface area (TPSA) is 30.5 Å². The fraction of sp³-hybridized carbons (Fsp3) is 0.571. The lowest BCUT2D eigenvalue weighted by Crippen LogP contribution is -2.15. The number of hydrogen-bond acceptors (Lipinski definition) is 3. The molecule has 0 aliphatic heterocycles. The predicted octanol–water partition coefficient (Wildman–Crippen LogP) is 2.36. The van der Waals surface area contributed by atoms with E-state index in [1.54, 1.807) is 19.2 Å². The second-order valence-corrected chi connectivity index (χ2v) is 4.12. The van der Waals surface area contributed by atoms with E-state index in [2.05, 4.69) is 5.32 Å². The molecule has 1 N–H and O–H groups in total. The van der Waals surface area contributed by atoms with Crippen molar-refractivity contribution in [3.63, 3.8) is 0 Å². The van der Waals surface area contributed by atoms with Gasteiger partial charge in [-0.05, 0) is 37.1 Å². The van der Waals surface area contributed by atoms with Crippen LogP contribution in [0, 0.1) is 5.82 Å². The molecule has 0 fully saturated rings. The molecule has 1 rings (SSSR count). The average molecular weight is 255 g/mol. The first-order valence-electron chi connectivity index (χ1n) is 6.35. The van der Waals surface area contributed by atoms with Gasteiger partial charge in [-0.25, -0.2) is 4.39 Å². The lowest BCUT2D eigenvalue weighted by atomic mass is 10.2. The van der Waals surface area contributed by atoms with Crippen LogP contribution in [-0.4, -0.2) is 33.5 Å². The van der Waals surface area contributed by atoms with Crippen molar-refractivity contribution in [1.82, 2.24) is 5.32 Å². The van der Waals surface area contributed by atoms with E-state index in [0.29, 0.717) is 19.8 Å². The summed E-state index contributed by atoms with van der Waals surface area (Å²) < 4.78 is 23.1. The minimum Gasteiger partial charge on any atom is -0.382 e. The van der Waals surface area contributed by atoms with Gasteiger partial charge >= 0.3 is 0 Å². The van der Waals surface area contributed by atoms with Gasteiger partial charge in [-0.1, -0.05) is 12.1 Å². The van der Waals surface area contributed by atoms with E-state index >= 15 is 0 Å². The minimum absolute atomic E-state index is 0.180. The van der Waals surface area contributed by atoms with Gasteiger partial charge in [0.25, 0.3) is 0 Å². The zero-order chi connectivity index (χ0) is 13.1. The monoisotopic (exact) mass is 255 g/mol. The number of unbranched alkanes of at least 4 members (excludes halogenated alkanes) is 1. The molecule has 3 nitrogen and oxygen atoms in total. The zero-order valence-electron chi connectivity index (χ0n) is 11.0. The highest BCUT2D eigenvalue weighted by Crippen LogP contribution is 2.02. The van der Waals surface area contributed by atoms with Crippen LogP contribution < -0.4 is 5.32 Å². The first-order chi connectivity index (χ1) is 8.83. The molecule has 4 heteroatoms. The smallest absolute Gasteiger partial charge is 0.123 e. The highest BCUT2D eigenvalue weighted by molar-refractivity contribution is 5.15. The third kappa shape index (κ3) is 7.37. The Labute approximate surface area is 108 Å². The van der Waals surface area contributed by atoms with Gasteiger partial charge in [0.2, 0.25) is 0 Å². The summed E-state index contributed by atoms with van der Waals surface area (Å²) in [6.45, 7) is 3.71. The van der Waals surface area contributed by atoms with E-state index < -0.39 is 0 Å². The summed E-state index contributed by atoms with van der Waals surface area (Å²) in [5, 5.41) is 3.28. The zero-order valence-corrected chi connectivity index (χ0v) is 11.0. The summed E-state index contributed by atoms with van der Waals surface area (Å²) in [5.41, 5.74) is 0.978. The Balaban J connectivity index is 1.92. The number of nitrogens with one attached hydrogen (secondary N) is 1. The number of ether oxygens (including phenoxy) is 2. The van der Waals surface area contributed by atoms with Crippen molar-refractivity contribution in [1.29, 1.82) is 0 Å². The molecule has 0 saturated carbocycles. The molecule has 0 heterocycles. The molecule has 0 aliphatic carbocycles. The van der Waals surface area contributed by atoms with Crippen molar-refractivity contribution in [2.24, 2.45) is 0 Å². The molecular weight excluding hydrogens is 233 g/mol. The Morgan fingerprint density at radius 2 is 2.06 bits per heavy atom. The standard InChI is InChI=1S/C14H22FNO2/c1-17-9-10-18-8-3-2-7-16-12-13-5-4-6-14(15)11-13/h4-6,11,16H,2-3,7-10,12H2,1H3. The van der Waals surface area contributed by atoms with Crippen LogP contribution in [0.15, 0.2) is 24.3 Å². The highest BCUT2D eigenvalue weighted by Gasteiger charge is 1.95. The quantitative estimate of drug-likeness (QED) is 0.651. The van der Waals surface area contributed by atoms with Crippen molar-refractivity contribution >= 4 is 0 Å². The summed E-state index contributed by atoms with van der Waals surface area (Å²) in [6.07, 6.45) is 2.09. The molecule has 18 heavy (non-hydrogen) atoms. The molecule has 102 valence electrons. The fourth-order valence-corrected chi connectivity index (χ4v) is 1.58. The average Bonchev–Trinajstić information content (AvgIpc) is 2.37. The number of hydrogen-bond donors (Lipinski definition) is 1. The van der Waals surface area contributed by atoms with E-state index in [0.717, 1.165) is 31.6 Å². The Bertz CT molecular complexity index is 320. The van der Waals surface area contributed by atoms with Gasteiger partial charge in [-0.15, -0.1) is 0 Å². The molecule has 0 bridgehead atoms. The van der Waals surface area contributed by atoms with E-state index in [1.165, 1.54) is 6.07 Å². The lowest BCUT2D eigenvalue weighted by Gasteiger charge is -2.06. The molecule has 1 aromatic rings. The number of benzene rings is 1. The molecule has 0 atom stereocenters. The normalized spacial score (nSPS) is 10.8. The second kappa shape index (κ2) is 10.00. The maximum absolute atomic E-state index is 12.9. The van der Waals surface area contributed by atoms with Crippen LogP contribution in [0.4, 0.5) is 4.39 Å². The van der Waals surface area contributed by atoms with E-state index in [1.807, 2.05) is 6.07 Å². The van der Waals surface area contributed by atoms with Crippen LogP contribution in [0.2, 0.25) is 0 Å². The molecule has 0 radical (unpaired) electrons. The highest BCUT2D eigenvalue weighted by atomic mass is 19.1. The number of rotatable bonds is 10. The Morgan fingerprint density at radius 3 is 2.83 bits per heavy atom. The van der Waals surface area contributed by atoms with Crippen LogP contribution >= 0.6 is 0 Å². The Kier molecular flexibility index (Phi) is 8.38. The van der Waals surface area contributed by atoms with E-state index in [9.17, 15) is 4.39 Å². The van der Waals surface area contributed by atoms with Gasteiger partial charge in [0, 0.05) is 20.3 Å². The third-order valence-corrected chi connectivity index (χ3v) is 2.54. The van der Waals surface area contributed by atoms with Crippen molar-refractivity contribution in [2.75, 3.05) is 33.5 Å². The van der Waals surface area contributed by atoms with Gasteiger partial charge in [0.1, 0.15) is 5.82 Å². The summed E-state index contributed by atoms with van der Waals surface area (Å²) in [5.74, 6) is -0.180. The van der Waals surface area contributed by atoms with Gasteiger partial charge < -0.3 is 14.8 Å². The van der Waals surface area contributed by atoms with Crippen LogP contribution in [0.5, 0.6) is 0 Å². The summed E-state index contributed by atoms with van der Waals surface area (Å²) >= 11 is 0. The molecule has 0 saturated heterocycles. The summed E-state index contributed by atoms with van der Waals surface area (Å²) in [7, 11) is 1.67. The number of methoxy groups -OCH3 is 1. The Morgan fingerprint density at radius 1 is 1.17 bits per heavy atom. The van der Waals surface area contributed by atoms with Crippen LogP contribution in [0.25, 0.3) is 0 Å². The first kappa shape index (κ1) is 15.1. The Hall–Kier alpha value is -0.970. The molecule has 0 spiro atoms. The maximum Gasteiger partial charge on any atom is 0.123 e. The van der Waals surface area contributed by atoms with Crippen molar-refractivity contribution in [3.05, 3.63) is 35.6 Å². The minimum atomic E-state index is -0.180. The lowest BCUT2D eigenvalue weighted by molar-refractivity contribution is 0.0688. The largest absolute Gasteiger partial charge is 0.382 e. The summed E-state index contributed by atoms with van der Waals surface area (Å²) in [4.78, 5) is 0. The molecule has 0 amide bonds. The van der Waals surface area contributed by atoms with Gasteiger partial charge in [0.15, 0.2) is 0 Å². The fourth-order valence-electron chi connectivity index (χ4n) is 1.58. The van der Waals surface area contributed by atoms with Crippen molar-refractivity contribution in [3.8, 4) is 0 Å². The van der Waals surface area contributed by atoms with E-state index in [4.69, 9.17) is 9.47 Å². The molecule has 1 aromatic carbocycles. The van der Waals surface area contributed by atoms with Crippen LogP contribution in [0.1, 0.15) is 18.4 Å². The second-order valence-electron chi connectivity index (χ2n) is 4.12. The van der Waals surface area contributed by atoms with Gasteiger partial charge in [-0.2, -0.15) is 0 Å². The first-order valence-corrected chi connectivity index (χ1v) is 6.35. The number of halogens is 1. The maximum atomic E-state index is 12.9. The van der Waals surface area contributed by atoms with Crippen LogP contribution in [0.3, 0.4) is 0 Å². The van der Waals surface area contributed by atoms with Gasteiger partial charge in [-0.3, -0.25) is 0 Å². The molecular formula is C14H22FNO2. The molecule has 0 aromatic heterocycles. The third-order valence-electron chi connectivity index (χ3n) is 2.54. The van der Waals surface area contributed by atoms with Gasteiger partial charge in [0.05, 0.1) is 13.2 Å². The predicted molar refractivity (Wildman–Crippen MR) is 70.0 cm³/mol. The molecule has 0 aliphatic rings. The SMILES string of the molecule is COCCOCCCCNCc1cccc(F)c1. The molecule has 0 unspecified atom stereocenters. The van der Waals surface area contributed by atoms with Crippen molar-refractivity contribution in [2.45, 2.75) is 19.4 Å². The van der Waals surface area contributed by atoms with E-state index in [-0.39, 0.29) is 5.82 Å². The van der Waals surface area contributed by atoms with Crippen molar-refractivity contribution < 1.29 is 13.9 Å².